The Hall–Kier alpha value is -1.79. The molecule has 1 N–H and O–H groups in total. The summed E-state index contributed by atoms with van der Waals surface area (Å²) in [4.78, 5) is 38.0. The quantitative estimate of drug-likeness (QED) is 0.0799. The molecule has 1 saturated heterocycles. The molecule has 1 heterocycles. The number of amides is 1. The summed E-state index contributed by atoms with van der Waals surface area (Å²) >= 11 is 0. The van der Waals surface area contributed by atoms with Crippen molar-refractivity contribution in [2.24, 2.45) is 11.8 Å². The Balaban J connectivity index is 2.75. The van der Waals surface area contributed by atoms with Gasteiger partial charge < -0.3 is 19.5 Å². The van der Waals surface area contributed by atoms with Crippen molar-refractivity contribution >= 4 is 18.0 Å². The van der Waals surface area contributed by atoms with Gasteiger partial charge in [-0.15, -0.1) is 0 Å². The molecule has 1 amide bonds. The summed E-state index contributed by atoms with van der Waals surface area (Å²) < 4.78 is 17.0. The summed E-state index contributed by atoms with van der Waals surface area (Å²) in [6, 6.07) is -0.783. The molecule has 0 aromatic carbocycles. The number of alkyl carbamates (subject to hydrolysis) is 1. The molecule has 0 aromatic heterocycles. The van der Waals surface area contributed by atoms with Crippen LogP contribution in [0, 0.1) is 11.8 Å². The van der Waals surface area contributed by atoms with Crippen molar-refractivity contribution in [2.45, 2.75) is 181 Å². The normalized spacial score (nSPS) is 18.6. The molecule has 0 unspecified atom stereocenters. The molecule has 40 heavy (non-hydrogen) atoms. The number of ether oxygens (including phenoxy) is 3. The molecule has 1 fully saturated rings. The number of unbranched alkanes of at least 4 members (excludes halogenated alkanes) is 11. The van der Waals surface area contributed by atoms with E-state index >= 15 is 0 Å². The SMILES string of the molecule is CCCCCCCCCCC[C@@H](C[C@@H]1OC(=O)[C@H]1CCCCCC)OC(=O)[C@H](CC(C)C)NC(=O)OC(C)(C)C. The summed E-state index contributed by atoms with van der Waals surface area (Å²) in [7, 11) is 0. The van der Waals surface area contributed by atoms with Crippen LogP contribution in [0.2, 0.25) is 0 Å². The Labute approximate surface area is 245 Å². The first-order valence-electron chi connectivity index (χ1n) is 16.4. The minimum absolute atomic E-state index is 0.104. The number of rotatable bonds is 22. The van der Waals surface area contributed by atoms with Crippen LogP contribution in [0.15, 0.2) is 0 Å². The molecular weight excluding hydrogens is 506 g/mol. The molecule has 1 aliphatic rings. The Morgan fingerprint density at radius 1 is 0.875 bits per heavy atom. The van der Waals surface area contributed by atoms with Crippen molar-refractivity contribution in [3.05, 3.63) is 0 Å². The maximum Gasteiger partial charge on any atom is 0.408 e. The fourth-order valence-electron chi connectivity index (χ4n) is 5.25. The van der Waals surface area contributed by atoms with Gasteiger partial charge in [-0.25, -0.2) is 9.59 Å². The summed E-state index contributed by atoms with van der Waals surface area (Å²) in [5, 5.41) is 2.73. The van der Waals surface area contributed by atoms with Crippen molar-refractivity contribution < 1.29 is 28.6 Å². The van der Waals surface area contributed by atoms with Crippen molar-refractivity contribution in [3.63, 3.8) is 0 Å². The third-order valence-corrected chi connectivity index (χ3v) is 7.48. The largest absolute Gasteiger partial charge is 0.461 e. The number of hydrogen-bond donors (Lipinski definition) is 1. The van der Waals surface area contributed by atoms with Gasteiger partial charge in [-0.3, -0.25) is 4.79 Å². The van der Waals surface area contributed by atoms with Crippen LogP contribution in [0.25, 0.3) is 0 Å². The summed E-state index contributed by atoms with van der Waals surface area (Å²) in [5.74, 6) is -0.486. The average molecular weight is 568 g/mol. The van der Waals surface area contributed by atoms with Gasteiger partial charge in [0.2, 0.25) is 0 Å². The lowest BCUT2D eigenvalue weighted by Crippen LogP contribution is -2.49. The first kappa shape index (κ1) is 36.2. The fourth-order valence-corrected chi connectivity index (χ4v) is 5.25. The number of esters is 2. The number of carbonyl (C=O) groups excluding carboxylic acids is 3. The Morgan fingerprint density at radius 3 is 1.95 bits per heavy atom. The topological polar surface area (TPSA) is 90.9 Å². The van der Waals surface area contributed by atoms with E-state index in [2.05, 4.69) is 19.2 Å². The highest BCUT2D eigenvalue weighted by molar-refractivity contribution is 5.81. The molecule has 0 aromatic rings. The lowest BCUT2D eigenvalue weighted by Gasteiger charge is -2.37. The predicted octanol–water partition coefficient (Wildman–Crippen LogP) is 8.66. The van der Waals surface area contributed by atoms with Crippen LogP contribution in [0.1, 0.15) is 158 Å². The molecule has 0 aliphatic carbocycles. The second-order valence-corrected chi connectivity index (χ2v) is 13.2. The van der Waals surface area contributed by atoms with Gasteiger partial charge in [0, 0.05) is 6.42 Å². The molecule has 234 valence electrons. The lowest BCUT2D eigenvalue weighted by molar-refractivity contribution is -0.190. The Morgan fingerprint density at radius 2 is 1.43 bits per heavy atom. The highest BCUT2D eigenvalue weighted by atomic mass is 16.6. The molecule has 0 bridgehead atoms. The van der Waals surface area contributed by atoms with Crippen molar-refractivity contribution in [3.8, 4) is 0 Å². The number of cyclic esters (lactones) is 1. The van der Waals surface area contributed by atoms with Crippen LogP contribution in [0.5, 0.6) is 0 Å². The number of nitrogens with one attached hydrogen (secondary N) is 1. The summed E-state index contributed by atoms with van der Waals surface area (Å²) in [6.07, 6.45) is 16.8. The van der Waals surface area contributed by atoms with Gasteiger partial charge in [-0.2, -0.15) is 0 Å². The number of hydrogen-bond acceptors (Lipinski definition) is 6. The van der Waals surface area contributed by atoms with Gasteiger partial charge in [-0.05, 0) is 52.4 Å². The minimum atomic E-state index is -0.783. The fraction of sp³-hybridized carbons (Fsp3) is 0.909. The van der Waals surface area contributed by atoms with Crippen LogP contribution < -0.4 is 5.32 Å². The van der Waals surface area contributed by atoms with Crippen molar-refractivity contribution in [2.75, 3.05) is 0 Å². The van der Waals surface area contributed by atoms with E-state index in [0.717, 1.165) is 44.9 Å². The molecular formula is C33H61NO6. The zero-order chi connectivity index (χ0) is 30.0. The van der Waals surface area contributed by atoms with E-state index in [9.17, 15) is 14.4 Å². The van der Waals surface area contributed by atoms with Gasteiger partial charge in [0.15, 0.2) is 0 Å². The summed E-state index contributed by atoms with van der Waals surface area (Å²) in [5.41, 5.74) is -0.658. The maximum absolute atomic E-state index is 13.3. The van der Waals surface area contributed by atoms with Crippen LogP contribution in [0.4, 0.5) is 4.79 Å². The van der Waals surface area contributed by atoms with Crippen LogP contribution in [0.3, 0.4) is 0 Å². The molecule has 7 nitrogen and oxygen atoms in total. The van der Waals surface area contributed by atoms with E-state index in [4.69, 9.17) is 14.2 Å². The molecule has 0 saturated carbocycles. The monoisotopic (exact) mass is 567 g/mol. The number of carbonyl (C=O) groups is 3. The predicted molar refractivity (Wildman–Crippen MR) is 161 cm³/mol. The molecule has 1 aliphatic heterocycles. The van der Waals surface area contributed by atoms with Crippen molar-refractivity contribution in [1.82, 2.24) is 5.32 Å². The van der Waals surface area contributed by atoms with E-state index in [1.807, 2.05) is 13.8 Å². The Bertz CT molecular complexity index is 716. The smallest absolute Gasteiger partial charge is 0.408 e. The molecule has 7 heteroatoms. The zero-order valence-corrected chi connectivity index (χ0v) is 26.9. The van der Waals surface area contributed by atoms with Gasteiger partial charge >= 0.3 is 18.0 Å². The first-order chi connectivity index (χ1) is 19.0. The van der Waals surface area contributed by atoms with Crippen molar-refractivity contribution in [1.29, 1.82) is 0 Å². The van der Waals surface area contributed by atoms with Gasteiger partial charge in [0.25, 0.3) is 0 Å². The molecule has 0 spiro atoms. The van der Waals surface area contributed by atoms with Crippen LogP contribution in [-0.4, -0.2) is 41.9 Å². The standard InChI is InChI=1S/C33H61NO6/c1-8-10-12-14-15-16-17-18-19-21-26(24-29-27(30(35)39-29)22-20-13-11-9-2)38-31(36)28(23-25(3)4)34-32(37)40-33(5,6)7/h25-29H,8-24H2,1-7H3,(H,34,37)/t26-,27-,28-,29-/m0/s1. The second-order valence-electron chi connectivity index (χ2n) is 13.2. The second kappa shape index (κ2) is 20.1. The first-order valence-corrected chi connectivity index (χ1v) is 16.4. The average Bonchev–Trinajstić information content (AvgIpc) is 2.85. The molecule has 4 atom stereocenters. The van der Waals surface area contributed by atoms with E-state index in [0.29, 0.717) is 12.8 Å². The summed E-state index contributed by atoms with van der Waals surface area (Å²) in [6.45, 7) is 13.8. The van der Waals surface area contributed by atoms with Crippen LogP contribution >= 0.6 is 0 Å². The molecule has 1 rings (SSSR count). The maximum atomic E-state index is 13.3. The van der Waals surface area contributed by atoms with Gasteiger partial charge in [0.05, 0.1) is 5.92 Å². The van der Waals surface area contributed by atoms with Gasteiger partial charge in [0.1, 0.15) is 23.9 Å². The highest BCUT2D eigenvalue weighted by Crippen LogP contribution is 2.33. The molecule has 0 radical (unpaired) electrons. The lowest BCUT2D eigenvalue weighted by atomic mass is 9.86. The Kier molecular flexibility index (Phi) is 18.3. The highest BCUT2D eigenvalue weighted by Gasteiger charge is 2.43. The van der Waals surface area contributed by atoms with Crippen LogP contribution in [-0.2, 0) is 23.8 Å². The van der Waals surface area contributed by atoms with E-state index < -0.39 is 23.7 Å². The zero-order valence-electron chi connectivity index (χ0n) is 26.9. The van der Waals surface area contributed by atoms with Gasteiger partial charge in [-0.1, -0.05) is 105 Å². The van der Waals surface area contributed by atoms with E-state index in [-0.39, 0.29) is 30.0 Å². The third kappa shape index (κ3) is 16.5. The van der Waals surface area contributed by atoms with E-state index in [1.54, 1.807) is 20.8 Å². The van der Waals surface area contributed by atoms with E-state index in [1.165, 1.54) is 51.4 Å². The minimum Gasteiger partial charge on any atom is -0.461 e. The third-order valence-electron chi connectivity index (χ3n) is 7.48.